The Balaban J connectivity index is 2.20. The molecule has 1 heterocycles. The third-order valence-electron chi connectivity index (χ3n) is 3.23. The third-order valence-corrected chi connectivity index (χ3v) is 3.23. The molecule has 0 aromatic heterocycles. The summed E-state index contributed by atoms with van der Waals surface area (Å²) in [5.74, 6) is 0.753. The van der Waals surface area contributed by atoms with Gasteiger partial charge in [0.15, 0.2) is 0 Å². The molecule has 0 aliphatic carbocycles. The van der Waals surface area contributed by atoms with E-state index in [0.717, 1.165) is 13.1 Å². The van der Waals surface area contributed by atoms with Crippen molar-refractivity contribution >= 4 is 12.0 Å². The summed E-state index contributed by atoms with van der Waals surface area (Å²) in [6.07, 6.45) is 0.241. The number of nitrogens with one attached hydrogen (secondary N) is 1. The number of piperazine rings is 1. The predicted molar refractivity (Wildman–Crippen MR) is 77.5 cm³/mol. The van der Waals surface area contributed by atoms with Crippen molar-refractivity contribution in [2.45, 2.75) is 27.2 Å². The standard InChI is InChI=1S/C14H27N3O3/c1-4-20-14(19)17-9-7-16(8-10-17)13(18)5-6-15-11-12(2)3/h12,15H,4-11H2,1-3H3. The molecular weight excluding hydrogens is 258 g/mol. The molecule has 1 aliphatic heterocycles. The lowest BCUT2D eigenvalue weighted by Gasteiger charge is -2.34. The van der Waals surface area contributed by atoms with Crippen LogP contribution < -0.4 is 5.32 Å². The highest BCUT2D eigenvalue weighted by Gasteiger charge is 2.24. The minimum Gasteiger partial charge on any atom is -0.450 e. The summed E-state index contributed by atoms with van der Waals surface area (Å²) >= 11 is 0. The largest absolute Gasteiger partial charge is 0.450 e. The van der Waals surface area contributed by atoms with Crippen molar-refractivity contribution in [2.75, 3.05) is 45.9 Å². The van der Waals surface area contributed by atoms with E-state index < -0.39 is 0 Å². The van der Waals surface area contributed by atoms with Gasteiger partial charge in [-0.25, -0.2) is 4.79 Å². The summed E-state index contributed by atoms with van der Waals surface area (Å²) in [7, 11) is 0. The molecule has 20 heavy (non-hydrogen) atoms. The van der Waals surface area contributed by atoms with Crippen molar-refractivity contribution in [2.24, 2.45) is 5.92 Å². The average Bonchev–Trinajstić information content (AvgIpc) is 2.43. The van der Waals surface area contributed by atoms with E-state index in [0.29, 0.717) is 45.1 Å². The quantitative estimate of drug-likeness (QED) is 0.737. The topological polar surface area (TPSA) is 61.9 Å². The first-order valence-electron chi connectivity index (χ1n) is 7.44. The Morgan fingerprint density at radius 1 is 1.15 bits per heavy atom. The lowest BCUT2D eigenvalue weighted by Crippen LogP contribution is -2.51. The number of hydrogen-bond acceptors (Lipinski definition) is 4. The van der Waals surface area contributed by atoms with Gasteiger partial charge < -0.3 is 19.9 Å². The molecule has 0 bridgehead atoms. The Labute approximate surface area is 121 Å². The van der Waals surface area contributed by atoms with Gasteiger partial charge in [0.05, 0.1) is 6.61 Å². The average molecular weight is 285 g/mol. The lowest BCUT2D eigenvalue weighted by molar-refractivity contribution is -0.132. The number of carbonyl (C=O) groups excluding carboxylic acids is 2. The molecule has 6 heteroatoms. The van der Waals surface area contributed by atoms with Crippen LogP contribution in [0.25, 0.3) is 0 Å². The minimum absolute atomic E-state index is 0.157. The van der Waals surface area contributed by atoms with E-state index in [4.69, 9.17) is 4.74 Å². The Hall–Kier alpha value is -1.30. The molecule has 1 saturated heterocycles. The maximum absolute atomic E-state index is 12.0. The van der Waals surface area contributed by atoms with Crippen LogP contribution in [0.3, 0.4) is 0 Å². The van der Waals surface area contributed by atoms with E-state index in [1.54, 1.807) is 11.8 Å². The van der Waals surface area contributed by atoms with Crippen LogP contribution in [0, 0.1) is 5.92 Å². The molecular formula is C14H27N3O3. The maximum Gasteiger partial charge on any atom is 0.409 e. The number of hydrogen-bond donors (Lipinski definition) is 1. The van der Waals surface area contributed by atoms with Gasteiger partial charge in [0, 0.05) is 39.1 Å². The minimum atomic E-state index is -0.279. The van der Waals surface area contributed by atoms with Crippen LogP contribution >= 0.6 is 0 Å². The molecule has 0 unspecified atom stereocenters. The third kappa shape index (κ3) is 5.77. The van der Waals surface area contributed by atoms with E-state index in [1.165, 1.54) is 0 Å². The number of carbonyl (C=O) groups is 2. The van der Waals surface area contributed by atoms with Gasteiger partial charge in [0.2, 0.25) is 5.91 Å². The van der Waals surface area contributed by atoms with Gasteiger partial charge in [-0.1, -0.05) is 13.8 Å². The maximum atomic E-state index is 12.0. The number of rotatable bonds is 6. The zero-order valence-electron chi connectivity index (χ0n) is 12.9. The monoisotopic (exact) mass is 285 g/mol. The molecule has 0 spiro atoms. The van der Waals surface area contributed by atoms with Gasteiger partial charge in [-0.2, -0.15) is 0 Å². The first kappa shape index (κ1) is 16.8. The molecule has 1 rings (SSSR count). The normalized spacial score (nSPS) is 15.6. The van der Waals surface area contributed by atoms with E-state index in [1.807, 2.05) is 4.90 Å². The van der Waals surface area contributed by atoms with Crippen LogP contribution in [0.15, 0.2) is 0 Å². The van der Waals surface area contributed by atoms with Crippen LogP contribution in [0.2, 0.25) is 0 Å². The summed E-state index contributed by atoms with van der Waals surface area (Å²) < 4.78 is 4.95. The first-order chi connectivity index (χ1) is 9.54. The molecule has 0 aromatic carbocycles. The van der Waals surface area contributed by atoms with Gasteiger partial charge in [-0.3, -0.25) is 4.79 Å². The fraction of sp³-hybridized carbons (Fsp3) is 0.857. The predicted octanol–water partition coefficient (Wildman–Crippen LogP) is 0.923. The highest BCUT2D eigenvalue weighted by atomic mass is 16.6. The summed E-state index contributed by atoms with van der Waals surface area (Å²) in [5, 5.41) is 3.27. The van der Waals surface area contributed by atoms with Crippen molar-refractivity contribution in [1.29, 1.82) is 0 Å². The number of ether oxygens (including phenoxy) is 1. The summed E-state index contributed by atoms with van der Waals surface area (Å²) in [6, 6.07) is 0. The Bertz CT molecular complexity index is 313. The molecule has 1 fully saturated rings. The molecule has 2 amide bonds. The highest BCUT2D eigenvalue weighted by Crippen LogP contribution is 2.05. The molecule has 1 aliphatic rings. The molecule has 0 atom stereocenters. The van der Waals surface area contributed by atoms with Crippen molar-refractivity contribution in [1.82, 2.24) is 15.1 Å². The van der Waals surface area contributed by atoms with E-state index >= 15 is 0 Å². The second-order valence-electron chi connectivity index (χ2n) is 5.41. The van der Waals surface area contributed by atoms with Crippen LogP contribution in [0.4, 0.5) is 4.79 Å². The Morgan fingerprint density at radius 3 is 2.30 bits per heavy atom. The van der Waals surface area contributed by atoms with Crippen molar-refractivity contribution in [3.63, 3.8) is 0 Å². The van der Waals surface area contributed by atoms with Gasteiger partial charge in [0.1, 0.15) is 0 Å². The van der Waals surface area contributed by atoms with E-state index in [-0.39, 0.29) is 12.0 Å². The van der Waals surface area contributed by atoms with Crippen LogP contribution in [0.1, 0.15) is 27.2 Å². The van der Waals surface area contributed by atoms with E-state index in [2.05, 4.69) is 19.2 Å². The number of nitrogens with zero attached hydrogens (tertiary/aromatic N) is 2. The van der Waals surface area contributed by atoms with Crippen LogP contribution in [-0.2, 0) is 9.53 Å². The van der Waals surface area contributed by atoms with Crippen LogP contribution in [0.5, 0.6) is 0 Å². The second kappa shape index (κ2) is 8.79. The van der Waals surface area contributed by atoms with Crippen molar-refractivity contribution in [3.8, 4) is 0 Å². The molecule has 0 aromatic rings. The zero-order chi connectivity index (χ0) is 15.0. The molecule has 0 radical (unpaired) electrons. The van der Waals surface area contributed by atoms with Gasteiger partial charge >= 0.3 is 6.09 Å². The molecule has 0 saturated carbocycles. The smallest absolute Gasteiger partial charge is 0.409 e. The van der Waals surface area contributed by atoms with Gasteiger partial charge in [-0.05, 0) is 19.4 Å². The SMILES string of the molecule is CCOC(=O)N1CCN(C(=O)CCNCC(C)C)CC1. The fourth-order valence-corrected chi connectivity index (χ4v) is 2.10. The van der Waals surface area contributed by atoms with Gasteiger partial charge in [0.25, 0.3) is 0 Å². The summed E-state index contributed by atoms with van der Waals surface area (Å²) in [6.45, 7) is 10.4. The Morgan fingerprint density at radius 2 is 1.75 bits per heavy atom. The van der Waals surface area contributed by atoms with Gasteiger partial charge in [-0.15, -0.1) is 0 Å². The molecule has 6 nitrogen and oxygen atoms in total. The zero-order valence-corrected chi connectivity index (χ0v) is 12.9. The summed E-state index contributed by atoms with van der Waals surface area (Å²) in [4.78, 5) is 27.0. The van der Waals surface area contributed by atoms with Crippen molar-refractivity contribution in [3.05, 3.63) is 0 Å². The summed E-state index contributed by atoms with van der Waals surface area (Å²) in [5.41, 5.74) is 0. The highest BCUT2D eigenvalue weighted by molar-refractivity contribution is 5.77. The second-order valence-corrected chi connectivity index (χ2v) is 5.41. The number of amides is 2. The van der Waals surface area contributed by atoms with E-state index in [9.17, 15) is 9.59 Å². The Kier molecular flexibility index (Phi) is 7.36. The first-order valence-corrected chi connectivity index (χ1v) is 7.44. The lowest BCUT2D eigenvalue weighted by atomic mass is 10.2. The van der Waals surface area contributed by atoms with Crippen molar-refractivity contribution < 1.29 is 14.3 Å². The fourth-order valence-electron chi connectivity index (χ4n) is 2.10. The van der Waals surface area contributed by atoms with Crippen LogP contribution in [-0.4, -0.2) is 67.7 Å². The molecule has 1 N–H and O–H groups in total. The molecule has 116 valence electrons.